The van der Waals surface area contributed by atoms with Gasteiger partial charge in [0, 0.05) is 12.5 Å². The van der Waals surface area contributed by atoms with Crippen molar-refractivity contribution >= 4 is 0 Å². The molecule has 2 N–H and O–H groups in total. The molecule has 0 unspecified atom stereocenters. The fourth-order valence-electron chi connectivity index (χ4n) is 1.86. The largest absolute Gasteiger partial charge is 0.396 e. The van der Waals surface area contributed by atoms with E-state index in [1.165, 1.54) is 5.92 Å². The van der Waals surface area contributed by atoms with Crippen LogP contribution in [-0.4, -0.2) is 22.9 Å². The van der Waals surface area contributed by atoms with Crippen LogP contribution in [0.4, 0.5) is 0 Å². The van der Waals surface area contributed by atoms with Gasteiger partial charge in [-0.15, -0.1) is 0 Å². The molecule has 0 saturated heterocycles. The lowest BCUT2D eigenvalue weighted by atomic mass is 9.89. The number of hydrogen-bond acceptors (Lipinski definition) is 2. The van der Waals surface area contributed by atoms with Gasteiger partial charge in [0.25, 0.3) is 0 Å². The molecule has 0 aromatic carbocycles. The molecule has 2 heteroatoms. The maximum absolute atomic E-state index is 9.24. The summed E-state index contributed by atoms with van der Waals surface area (Å²) in [5.74, 6) is 1.70. The molecule has 1 rings (SSSR count). The van der Waals surface area contributed by atoms with E-state index in [9.17, 15) is 5.11 Å². The van der Waals surface area contributed by atoms with E-state index in [0.29, 0.717) is 5.92 Å². The minimum atomic E-state index is -0.118. The highest BCUT2D eigenvalue weighted by atomic mass is 16.3. The van der Waals surface area contributed by atoms with Crippen LogP contribution in [0.5, 0.6) is 0 Å². The van der Waals surface area contributed by atoms with Crippen LogP contribution in [-0.2, 0) is 0 Å². The average molecular weight is 157 g/mol. The topological polar surface area (TPSA) is 40.5 Å². The highest BCUT2D eigenvalue weighted by Gasteiger charge is 2.28. The first kappa shape index (κ1) is 9.01. The summed E-state index contributed by atoms with van der Waals surface area (Å²) in [4.78, 5) is 0. The summed E-state index contributed by atoms with van der Waals surface area (Å²) in [6.07, 6.45) is 3.67. The van der Waals surface area contributed by atoms with Crippen molar-refractivity contribution in [2.75, 3.05) is 6.61 Å². The Morgan fingerprint density at radius 1 is 1.45 bits per heavy atom. The first-order chi connectivity index (χ1) is 5.27. The Morgan fingerprint density at radius 2 is 2.18 bits per heavy atom. The third-order valence-corrected chi connectivity index (χ3v) is 2.64. The van der Waals surface area contributed by atoms with Gasteiger partial charge in [0.2, 0.25) is 0 Å². The van der Waals surface area contributed by atoms with Crippen LogP contribution in [0.25, 0.3) is 0 Å². The molecular formula is C9H17O2. The zero-order valence-electron chi connectivity index (χ0n) is 7.08. The van der Waals surface area contributed by atoms with Crippen LogP contribution in [0.1, 0.15) is 32.6 Å². The van der Waals surface area contributed by atoms with E-state index >= 15 is 0 Å². The van der Waals surface area contributed by atoms with Crippen molar-refractivity contribution in [2.45, 2.75) is 38.7 Å². The molecule has 0 spiro atoms. The Kier molecular flexibility index (Phi) is 3.34. The molecule has 65 valence electrons. The van der Waals surface area contributed by atoms with E-state index in [1.807, 2.05) is 0 Å². The molecule has 0 heterocycles. The summed E-state index contributed by atoms with van der Waals surface area (Å²) in [7, 11) is 0. The van der Waals surface area contributed by atoms with Crippen molar-refractivity contribution in [1.82, 2.24) is 0 Å². The summed E-state index contributed by atoms with van der Waals surface area (Å²) in [6, 6.07) is 0. The van der Waals surface area contributed by atoms with Crippen molar-refractivity contribution in [1.29, 1.82) is 0 Å². The number of hydrogen-bond donors (Lipinski definition) is 2. The summed E-state index contributed by atoms with van der Waals surface area (Å²) in [5, 5.41) is 18.2. The van der Waals surface area contributed by atoms with E-state index in [2.05, 4.69) is 6.92 Å². The maximum Gasteiger partial charge on any atom is 0.0543 e. The lowest BCUT2D eigenvalue weighted by molar-refractivity contribution is 0.175. The third-order valence-electron chi connectivity index (χ3n) is 2.64. The Morgan fingerprint density at radius 3 is 2.55 bits per heavy atom. The highest BCUT2D eigenvalue weighted by molar-refractivity contribution is 4.98. The van der Waals surface area contributed by atoms with E-state index in [1.54, 1.807) is 0 Å². The predicted octanol–water partition coefficient (Wildman–Crippen LogP) is 1.12. The molecule has 2 nitrogen and oxygen atoms in total. The third kappa shape index (κ3) is 2.17. The second kappa shape index (κ2) is 4.07. The fourth-order valence-corrected chi connectivity index (χ4v) is 1.86. The second-order valence-corrected chi connectivity index (χ2v) is 3.33. The summed E-state index contributed by atoms with van der Waals surface area (Å²) >= 11 is 0. The van der Waals surface area contributed by atoms with Crippen molar-refractivity contribution in [2.24, 2.45) is 5.92 Å². The second-order valence-electron chi connectivity index (χ2n) is 3.33. The predicted molar refractivity (Wildman–Crippen MR) is 44.0 cm³/mol. The zero-order chi connectivity index (χ0) is 8.27. The smallest absolute Gasteiger partial charge is 0.0543 e. The van der Waals surface area contributed by atoms with Crippen LogP contribution in [0, 0.1) is 11.8 Å². The monoisotopic (exact) mass is 157 g/mol. The van der Waals surface area contributed by atoms with Gasteiger partial charge in [-0.3, -0.25) is 0 Å². The SMILES string of the molecule is CC[C](CO)[C@H]1CC[C@H](O)C1. The molecule has 1 saturated carbocycles. The van der Waals surface area contributed by atoms with Gasteiger partial charge in [0.05, 0.1) is 6.10 Å². The van der Waals surface area contributed by atoms with Gasteiger partial charge < -0.3 is 10.2 Å². The Hall–Kier alpha value is -0.0800. The maximum atomic E-state index is 9.24. The molecule has 1 aliphatic rings. The minimum Gasteiger partial charge on any atom is -0.396 e. The normalized spacial score (nSPS) is 31.6. The standard InChI is InChI=1S/C9H17O2/c1-2-7(6-10)8-3-4-9(11)5-8/h8-11H,2-6H2,1H3/t8-,9-/m0/s1. The van der Waals surface area contributed by atoms with E-state index in [-0.39, 0.29) is 12.7 Å². The quantitative estimate of drug-likeness (QED) is 0.644. The zero-order valence-corrected chi connectivity index (χ0v) is 7.08. The number of rotatable bonds is 3. The first-order valence-corrected chi connectivity index (χ1v) is 4.41. The highest BCUT2D eigenvalue weighted by Crippen LogP contribution is 2.34. The van der Waals surface area contributed by atoms with Gasteiger partial charge in [0.15, 0.2) is 0 Å². The minimum absolute atomic E-state index is 0.118. The van der Waals surface area contributed by atoms with Gasteiger partial charge in [-0.2, -0.15) is 0 Å². The van der Waals surface area contributed by atoms with Crippen molar-refractivity contribution < 1.29 is 10.2 Å². The van der Waals surface area contributed by atoms with E-state index in [0.717, 1.165) is 25.7 Å². The van der Waals surface area contributed by atoms with Crippen LogP contribution in [0.3, 0.4) is 0 Å². The van der Waals surface area contributed by atoms with Gasteiger partial charge in [-0.1, -0.05) is 6.92 Å². The Balaban J connectivity index is 2.34. The Bertz CT molecular complexity index is 110. The van der Waals surface area contributed by atoms with Gasteiger partial charge in [-0.05, 0) is 31.6 Å². The van der Waals surface area contributed by atoms with Crippen LogP contribution in [0.2, 0.25) is 0 Å². The van der Waals surface area contributed by atoms with Crippen LogP contribution in [0.15, 0.2) is 0 Å². The summed E-state index contributed by atoms with van der Waals surface area (Å²) in [6.45, 7) is 2.27. The van der Waals surface area contributed by atoms with Crippen molar-refractivity contribution in [3.63, 3.8) is 0 Å². The number of aliphatic hydroxyl groups excluding tert-OH is 2. The van der Waals surface area contributed by atoms with Gasteiger partial charge in [-0.25, -0.2) is 0 Å². The fraction of sp³-hybridized carbons (Fsp3) is 0.889. The van der Waals surface area contributed by atoms with Crippen molar-refractivity contribution in [3.05, 3.63) is 5.92 Å². The summed E-state index contributed by atoms with van der Waals surface area (Å²) < 4.78 is 0. The molecule has 2 atom stereocenters. The molecule has 0 aromatic heterocycles. The first-order valence-electron chi connectivity index (χ1n) is 4.41. The molecule has 0 aromatic rings. The molecule has 0 aliphatic heterocycles. The lowest BCUT2D eigenvalue weighted by Crippen LogP contribution is -2.13. The summed E-state index contributed by atoms with van der Waals surface area (Å²) in [5.41, 5.74) is 0. The van der Waals surface area contributed by atoms with Gasteiger partial charge >= 0.3 is 0 Å². The molecule has 0 amide bonds. The average Bonchev–Trinajstić information content (AvgIpc) is 2.39. The molecule has 1 fully saturated rings. The molecule has 1 radical (unpaired) electrons. The molecule has 0 bridgehead atoms. The van der Waals surface area contributed by atoms with Gasteiger partial charge in [0.1, 0.15) is 0 Å². The van der Waals surface area contributed by atoms with Crippen LogP contribution >= 0.6 is 0 Å². The Labute approximate surface area is 68.2 Å². The van der Waals surface area contributed by atoms with Crippen molar-refractivity contribution in [3.8, 4) is 0 Å². The lowest BCUT2D eigenvalue weighted by Gasteiger charge is -2.18. The van der Waals surface area contributed by atoms with Crippen LogP contribution < -0.4 is 0 Å². The molecular weight excluding hydrogens is 140 g/mol. The van der Waals surface area contributed by atoms with E-state index < -0.39 is 0 Å². The molecule has 1 aliphatic carbocycles. The van der Waals surface area contributed by atoms with E-state index in [4.69, 9.17) is 5.11 Å². The number of aliphatic hydroxyl groups is 2. The molecule has 11 heavy (non-hydrogen) atoms.